The minimum absolute atomic E-state index is 0. The number of carbonyl (C=O) groups is 1. The number of ether oxygens (including phenoxy) is 1. The van der Waals surface area contributed by atoms with Crippen LogP contribution >= 0.6 is 19.2 Å². The minimum atomic E-state index is -4.15. The molecule has 1 aromatic rings. The predicted octanol–water partition coefficient (Wildman–Crippen LogP) is -0.822. The molecule has 0 saturated carbocycles. The van der Waals surface area contributed by atoms with E-state index in [4.69, 9.17) is 15.0 Å². The third-order valence-electron chi connectivity index (χ3n) is 3.01. The van der Waals surface area contributed by atoms with E-state index in [1.54, 1.807) is 0 Å². The van der Waals surface area contributed by atoms with E-state index >= 15 is 0 Å². The number of hydrogen-bond acceptors (Lipinski definition) is 8. The number of amides is 1. The molecule has 1 amide bonds. The van der Waals surface area contributed by atoms with Gasteiger partial charge in [-0.3, -0.25) is 13.8 Å². The van der Waals surface area contributed by atoms with Gasteiger partial charge in [-0.2, -0.15) is 0 Å². The molecular formula is C9H11N2NaO7PS. The van der Waals surface area contributed by atoms with Crippen LogP contribution in [-0.4, -0.2) is 75.4 Å². The van der Waals surface area contributed by atoms with Gasteiger partial charge in [0, 0.05) is 34.9 Å². The number of aromatic nitrogens is 1. The Hall–Kier alpha value is 0.130. The maximum atomic E-state index is 11.3. The van der Waals surface area contributed by atoms with Gasteiger partial charge in [-0.1, -0.05) is 0 Å². The van der Waals surface area contributed by atoms with E-state index in [0.29, 0.717) is 5.01 Å². The zero-order valence-electron chi connectivity index (χ0n) is 10.9. The van der Waals surface area contributed by atoms with E-state index < -0.39 is 38.1 Å². The molecule has 0 bridgehead atoms. The standard InChI is InChI=1S/C9H11N2O7PS.Na/c10-8(13)3-2-20-9(11-3)7-5(12)6-4(17-7)1-16-19(14,15)18-6;/h2,4-7,12H,1H2,(H2,10,13)(H,14,15);/t4-,5-,6-,7-;/m1./s1. The average Bonchev–Trinajstić information content (AvgIpc) is 2.95. The molecule has 0 spiro atoms. The van der Waals surface area contributed by atoms with Crippen LogP contribution in [0.15, 0.2) is 5.38 Å². The Kier molecular flexibility index (Phi) is 5.27. The maximum Gasteiger partial charge on any atom is 0.472 e. The van der Waals surface area contributed by atoms with Crippen molar-refractivity contribution in [2.45, 2.75) is 24.4 Å². The van der Waals surface area contributed by atoms with Crippen LogP contribution in [0.4, 0.5) is 0 Å². The molecule has 111 valence electrons. The molecule has 1 aromatic heterocycles. The summed E-state index contributed by atoms with van der Waals surface area (Å²) in [5.74, 6) is -0.683. The normalized spacial score (nSPS) is 38.6. The van der Waals surface area contributed by atoms with Crippen LogP contribution in [0, 0.1) is 0 Å². The number of aliphatic hydroxyl groups is 1. The monoisotopic (exact) mass is 345 g/mol. The third kappa shape index (κ3) is 3.40. The van der Waals surface area contributed by atoms with E-state index in [9.17, 15) is 19.4 Å². The van der Waals surface area contributed by atoms with Crippen LogP contribution in [-0.2, 0) is 18.3 Å². The minimum Gasteiger partial charge on any atom is -0.387 e. The van der Waals surface area contributed by atoms with Crippen molar-refractivity contribution in [1.29, 1.82) is 0 Å². The zero-order chi connectivity index (χ0) is 14.5. The van der Waals surface area contributed by atoms with E-state index in [1.807, 2.05) is 0 Å². The average molecular weight is 345 g/mol. The second kappa shape index (κ2) is 6.32. The molecule has 1 radical (unpaired) electrons. The van der Waals surface area contributed by atoms with E-state index in [-0.39, 0.29) is 41.9 Å². The van der Waals surface area contributed by atoms with Crippen LogP contribution in [0.25, 0.3) is 0 Å². The van der Waals surface area contributed by atoms with Crippen molar-refractivity contribution in [2.75, 3.05) is 6.61 Å². The molecule has 21 heavy (non-hydrogen) atoms. The Morgan fingerprint density at radius 1 is 1.57 bits per heavy atom. The number of phosphoric ester groups is 1. The van der Waals surface area contributed by atoms with Gasteiger partial charge in [0.15, 0.2) is 0 Å². The van der Waals surface area contributed by atoms with Crippen LogP contribution in [0.3, 0.4) is 0 Å². The Balaban J connectivity index is 0.00000161. The van der Waals surface area contributed by atoms with Gasteiger partial charge < -0.3 is 20.5 Å². The first-order chi connectivity index (χ1) is 9.37. The summed E-state index contributed by atoms with van der Waals surface area (Å²) in [5, 5.41) is 11.9. The summed E-state index contributed by atoms with van der Waals surface area (Å²) in [7, 11) is -4.15. The molecule has 2 aliphatic rings. The summed E-state index contributed by atoms with van der Waals surface area (Å²) < 4.78 is 26.3. The predicted molar refractivity (Wildman–Crippen MR) is 70.7 cm³/mol. The van der Waals surface area contributed by atoms with Gasteiger partial charge in [-0.15, -0.1) is 11.3 Å². The molecule has 3 rings (SSSR count). The summed E-state index contributed by atoms with van der Waals surface area (Å²) in [6.07, 6.45) is -3.70. The summed E-state index contributed by atoms with van der Waals surface area (Å²) in [4.78, 5) is 24.2. The molecule has 2 fully saturated rings. The first kappa shape index (κ1) is 17.5. The van der Waals surface area contributed by atoms with Crippen molar-refractivity contribution in [3.63, 3.8) is 0 Å². The zero-order valence-corrected chi connectivity index (χ0v) is 14.6. The Morgan fingerprint density at radius 3 is 2.90 bits per heavy atom. The number of thiazole rings is 1. The van der Waals surface area contributed by atoms with Gasteiger partial charge in [0.05, 0.1) is 6.61 Å². The molecule has 2 aliphatic heterocycles. The molecule has 1 unspecified atom stereocenters. The fourth-order valence-electron chi connectivity index (χ4n) is 2.09. The fraction of sp³-hybridized carbons (Fsp3) is 0.556. The number of fused-ring (bicyclic) bond motifs is 1. The van der Waals surface area contributed by atoms with Gasteiger partial charge in [0.25, 0.3) is 5.91 Å². The number of primary amides is 1. The van der Waals surface area contributed by atoms with Gasteiger partial charge in [-0.25, -0.2) is 9.55 Å². The molecule has 2 saturated heterocycles. The van der Waals surface area contributed by atoms with Crippen molar-refractivity contribution in [3.05, 3.63) is 16.1 Å². The fourth-order valence-corrected chi connectivity index (χ4v) is 3.94. The number of aliphatic hydroxyl groups excluding tert-OH is 1. The maximum absolute atomic E-state index is 11.3. The number of nitrogens with two attached hydrogens (primary N) is 1. The number of carbonyl (C=O) groups excluding carboxylic acids is 1. The first-order valence-corrected chi connectivity index (χ1v) is 7.99. The number of nitrogens with zero attached hydrogens (tertiary/aromatic N) is 1. The number of rotatable bonds is 2. The molecule has 3 heterocycles. The first-order valence-electron chi connectivity index (χ1n) is 5.62. The third-order valence-corrected chi connectivity index (χ3v) is 4.90. The molecule has 0 aliphatic carbocycles. The largest absolute Gasteiger partial charge is 0.472 e. The van der Waals surface area contributed by atoms with Crippen LogP contribution < -0.4 is 5.73 Å². The van der Waals surface area contributed by atoms with Gasteiger partial charge in [0.2, 0.25) is 0 Å². The molecular weight excluding hydrogens is 334 g/mol. The van der Waals surface area contributed by atoms with Crippen molar-refractivity contribution < 1.29 is 33.1 Å². The van der Waals surface area contributed by atoms with Crippen molar-refractivity contribution in [3.8, 4) is 0 Å². The van der Waals surface area contributed by atoms with E-state index in [0.717, 1.165) is 11.3 Å². The Bertz CT molecular complexity index is 598. The Labute approximate surface area is 145 Å². The summed E-state index contributed by atoms with van der Waals surface area (Å²) >= 11 is 1.10. The van der Waals surface area contributed by atoms with Crippen LogP contribution in [0.1, 0.15) is 21.6 Å². The van der Waals surface area contributed by atoms with Gasteiger partial charge in [-0.05, 0) is 0 Å². The SMILES string of the molecule is NC(=O)c1csc([C@@H]2O[C@@H]3COP(=O)(O)O[C@H]3[C@H]2O)n1.[Na]. The quantitative estimate of drug-likeness (QED) is 0.466. The summed E-state index contributed by atoms with van der Waals surface area (Å²) in [5.41, 5.74) is 5.17. The second-order valence-electron chi connectivity index (χ2n) is 4.36. The van der Waals surface area contributed by atoms with Crippen LogP contribution in [0.2, 0.25) is 0 Å². The smallest absolute Gasteiger partial charge is 0.387 e. The molecule has 9 nitrogen and oxygen atoms in total. The summed E-state index contributed by atoms with van der Waals surface area (Å²) in [6, 6.07) is 0. The molecule has 4 N–H and O–H groups in total. The number of hydrogen-bond donors (Lipinski definition) is 3. The van der Waals surface area contributed by atoms with Crippen molar-refractivity contribution in [2.24, 2.45) is 5.73 Å². The van der Waals surface area contributed by atoms with E-state index in [1.165, 1.54) is 5.38 Å². The van der Waals surface area contributed by atoms with Crippen LogP contribution in [0.5, 0.6) is 0 Å². The topological polar surface area (TPSA) is 141 Å². The molecule has 12 heteroatoms. The van der Waals surface area contributed by atoms with Crippen molar-refractivity contribution in [1.82, 2.24) is 4.98 Å². The van der Waals surface area contributed by atoms with Crippen molar-refractivity contribution >= 4 is 54.6 Å². The molecule has 5 atom stereocenters. The summed E-state index contributed by atoms with van der Waals surface area (Å²) in [6.45, 7) is -0.167. The van der Waals surface area contributed by atoms with Gasteiger partial charge in [0.1, 0.15) is 35.1 Å². The second-order valence-corrected chi connectivity index (χ2v) is 6.65. The Morgan fingerprint density at radius 2 is 2.29 bits per heavy atom. The molecule has 0 aromatic carbocycles. The van der Waals surface area contributed by atoms with Gasteiger partial charge >= 0.3 is 7.82 Å². The number of phosphoric acid groups is 1. The van der Waals surface area contributed by atoms with E-state index in [2.05, 4.69) is 9.51 Å².